The molecule has 2 atom stereocenters. The Hall–Kier alpha value is -1.59. The molecule has 140 valence electrons. The predicted molar refractivity (Wildman–Crippen MR) is 103 cm³/mol. The van der Waals surface area contributed by atoms with Crippen LogP contribution in [-0.4, -0.2) is 35.3 Å². The van der Waals surface area contributed by atoms with Gasteiger partial charge >= 0.3 is 0 Å². The van der Waals surface area contributed by atoms with Crippen LogP contribution in [0.5, 0.6) is 0 Å². The van der Waals surface area contributed by atoms with E-state index in [1.165, 1.54) is 5.56 Å². The van der Waals surface area contributed by atoms with Gasteiger partial charge in [-0.25, -0.2) is 0 Å². The maximum Gasteiger partial charge on any atom is 0.243 e. The van der Waals surface area contributed by atoms with E-state index in [1.807, 2.05) is 31.2 Å². The van der Waals surface area contributed by atoms with Crippen LogP contribution in [0.4, 0.5) is 0 Å². The molecule has 2 unspecified atom stereocenters. The molecule has 25 heavy (non-hydrogen) atoms. The van der Waals surface area contributed by atoms with Gasteiger partial charge in [0.05, 0.1) is 0 Å². The molecule has 1 fully saturated rings. The summed E-state index contributed by atoms with van der Waals surface area (Å²) in [7, 11) is 0. The van der Waals surface area contributed by atoms with Crippen molar-refractivity contribution >= 4 is 24.2 Å². The SMILES string of the molecule is CCCCC(CN)NC(=O)C1CCC(=O)N1Cc1ccc(C)cc1.Cl. The van der Waals surface area contributed by atoms with Gasteiger partial charge < -0.3 is 16.0 Å². The molecule has 1 aromatic carbocycles. The van der Waals surface area contributed by atoms with E-state index in [-0.39, 0.29) is 36.3 Å². The molecule has 1 aliphatic heterocycles. The van der Waals surface area contributed by atoms with E-state index >= 15 is 0 Å². The molecule has 6 heteroatoms. The quantitative estimate of drug-likeness (QED) is 0.741. The molecule has 0 radical (unpaired) electrons. The average Bonchev–Trinajstić information content (AvgIpc) is 2.94. The lowest BCUT2D eigenvalue weighted by Crippen LogP contribution is -2.49. The Morgan fingerprint density at radius 1 is 1.36 bits per heavy atom. The van der Waals surface area contributed by atoms with Gasteiger partial charge in [0.15, 0.2) is 0 Å². The minimum atomic E-state index is -0.380. The summed E-state index contributed by atoms with van der Waals surface area (Å²) >= 11 is 0. The minimum Gasteiger partial charge on any atom is -0.350 e. The van der Waals surface area contributed by atoms with E-state index in [1.54, 1.807) is 4.90 Å². The Morgan fingerprint density at radius 2 is 2.04 bits per heavy atom. The van der Waals surface area contributed by atoms with Gasteiger partial charge in [0, 0.05) is 25.6 Å². The Kier molecular flexibility index (Phi) is 8.93. The van der Waals surface area contributed by atoms with Gasteiger partial charge in [-0.2, -0.15) is 0 Å². The van der Waals surface area contributed by atoms with Crippen LogP contribution in [-0.2, 0) is 16.1 Å². The Bertz CT molecular complexity index is 562. The molecule has 0 aliphatic carbocycles. The second kappa shape index (κ2) is 10.4. The van der Waals surface area contributed by atoms with Gasteiger partial charge in [0.25, 0.3) is 0 Å². The third-order valence-electron chi connectivity index (χ3n) is 4.64. The number of benzene rings is 1. The first-order valence-electron chi connectivity index (χ1n) is 8.90. The standard InChI is InChI=1S/C19H29N3O2.ClH/c1-3-4-5-16(12-20)21-19(24)17-10-11-18(23)22(17)13-15-8-6-14(2)7-9-15;/h6-9,16-17H,3-5,10-13,20H2,1-2H3,(H,21,24);1H. The molecular formula is C19H30ClN3O2. The summed E-state index contributed by atoms with van der Waals surface area (Å²) in [6, 6.07) is 7.70. The molecule has 1 aromatic rings. The number of hydrogen-bond donors (Lipinski definition) is 2. The molecule has 1 saturated heterocycles. The lowest BCUT2D eigenvalue weighted by molar-refractivity contribution is -0.136. The van der Waals surface area contributed by atoms with Crippen molar-refractivity contribution < 1.29 is 9.59 Å². The smallest absolute Gasteiger partial charge is 0.243 e. The van der Waals surface area contributed by atoms with Crippen LogP contribution in [0.3, 0.4) is 0 Å². The molecule has 1 heterocycles. The topological polar surface area (TPSA) is 75.4 Å². The highest BCUT2D eigenvalue weighted by molar-refractivity contribution is 5.91. The number of nitrogens with two attached hydrogens (primary N) is 1. The summed E-state index contributed by atoms with van der Waals surface area (Å²) in [6.45, 7) is 5.07. The largest absolute Gasteiger partial charge is 0.350 e. The summed E-state index contributed by atoms with van der Waals surface area (Å²) in [6.07, 6.45) is 4.03. The Balaban J connectivity index is 0.00000312. The zero-order valence-corrected chi connectivity index (χ0v) is 16.0. The van der Waals surface area contributed by atoms with Crippen molar-refractivity contribution in [3.63, 3.8) is 0 Å². The van der Waals surface area contributed by atoms with E-state index in [4.69, 9.17) is 5.73 Å². The molecule has 3 N–H and O–H groups in total. The summed E-state index contributed by atoms with van der Waals surface area (Å²) in [5, 5.41) is 3.03. The monoisotopic (exact) mass is 367 g/mol. The minimum absolute atomic E-state index is 0. The number of nitrogens with zero attached hydrogens (tertiary/aromatic N) is 1. The number of unbranched alkanes of at least 4 members (excludes halogenated alkanes) is 1. The second-order valence-electron chi connectivity index (χ2n) is 6.65. The van der Waals surface area contributed by atoms with Gasteiger partial charge in [-0.3, -0.25) is 9.59 Å². The van der Waals surface area contributed by atoms with Gasteiger partial charge in [-0.15, -0.1) is 12.4 Å². The van der Waals surface area contributed by atoms with Crippen molar-refractivity contribution in [1.29, 1.82) is 0 Å². The maximum absolute atomic E-state index is 12.6. The summed E-state index contributed by atoms with van der Waals surface area (Å²) < 4.78 is 0. The van der Waals surface area contributed by atoms with Crippen molar-refractivity contribution in [2.24, 2.45) is 5.73 Å². The zero-order chi connectivity index (χ0) is 17.5. The van der Waals surface area contributed by atoms with Crippen molar-refractivity contribution in [1.82, 2.24) is 10.2 Å². The Labute approximate surface area is 156 Å². The highest BCUT2D eigenvalue weighted by Crippen LogP contribution is 2.22. The third kappa shape index (κ3) is 6.01. The number of hydrogen-bond acceptors (Lipinski definition) is 3. The molecule has 0 bridgehead atoms. The maximum atomic E-state index is 12.6. The van der Waals surface area contributed by atoms with Gasteiger partial charge in [-0.1, -0.05) is 49.6 Å². The number of nitrogens with one attached hydrogen (secondary N) is 1. The average molecular weight is 368 g/mol. The van der Waals surface area contributed by atoms with Crippen LogP contribution < -0.4 is 11.1 Å². The van der Waals surface area contributed by atoms with E-state index in [9.17, 15) is 9.59 Å². The first kappa shape index (κ1) is 21.5. The third-order valence-corrected chi connectivity index (χ3v) is 4.64. The summed E-state index contributed by atoms with van der Waals surface area (Å²) in [4.78, 5) is 26.5. The highest BCUT2D eigenvalue weighted by Gasteiger charge is 2.36. The number of rotatable bonds is 8. The molecule has 2 amide bonds. The molecule has 0 spiro atoms. The van der Waals surface area contributed by atoms with Crippen molar-refractivity contribution in [3.8, 4) is 0 Å². The first-order chi connectivity index (χ1) is 11.5. The number of carbonyl (C=O) groups excluding carboxylic acids is 2. The zero-order valence-electron chi connectivity index (χ0n) is 15.2. The van der Waals surface area contributed by atoms with Crippen LogP contribution in [0.25, 0.3) is 0 Å². The van der Waals surface area contributed by atoms with Gasteiger partial charge in [-0.05, 0) is 25.3 Å². The molecule has 2 rings (SSSR count). The number of carbonyl (C=O) groups is 2. The van der Waals surface area contributed by atoms with Crippen LogP contribution in [0.15, 0.2) is 24.3 Å². The van der Waals surface area contributed by atoms with E-state index in [0.29, 0.717) is 25.9 Å². The second-order valence-corrected chi connectivity index (χ2v) is 6.65. The number of likely N-dealkylation sites (tertiary alicyclic amines) is 1. The number of amides is 2. The first-order valence-corrected chi connectivity index (χ1v) is 8.90. The highest BCUT2D eigenvalue weighted by atomic mass is 35.5. The lowest BCUT2D eigenvalue weighted by Gasteiger charge is -2.26. The lowest BCUT2D eigenvalue weighted by atomic mass is 10.1. The fraction of sp³-hybridized carbons (Fsp3) is 0.579. The van der Waals surface area contributed by atoms with E-state index in [2.05, 4.69) is 12.2 Å². The number of aryl methyl sites for hydroxylation is 1. The summed E-state index contributed by atoms with van der Waals surface area (Å²) in [5.74, 6) is -0.0203. The molecule has 0 saturated carbocycles. The molecular weight excluding hydrogens is 338 g/mol. The van der Waals surface area contributed by atoms with Gasteiger partial charge in [0.2, 0.25) is 11.8 Å². The van der Waals surface area contributed by atoms with Crippen LogP contribution >= 0.6 is 12.4 Å². The van der Waals surface area contributed by atoms with Gasteiger partial charge in [0.1, 0.15) is 6.04 Å². The molecule has 5 nitrogen and oxygen atoms in total. The van der Waals surface area contributed by atoms with Crippen LogP contribution in [0.2, 0.25) is 0 Å². The molecule has 0 aromatic heterocycles. The molecule has 1 aliphatic rings. The van der Waals surface area contributed by atoms with Crippen LogP contribution in [0.1, 0.15) is 50.2 Å². The number of halogens is 1. The Morgan fingerprint density at radius 3 is 2.64 bits per heavy atom. The predicted octanol–water partition coefficient (Wildman–Crippen LogP) is 2.54. The van der Waals surface area contributed by atoms with Crippen molar-refractivity contribution in [2.75, 3.05) is 6.54 Å². The fourth-order valence-electron chi connectivity index (χ4n) is 3.09. The van der Waals surface area contributed by atoms with Crippen molar-refractivity contribution in [2.45, 2.75) is 64.6 Å². The van der Waals surface area contributed by atoms with Crippen LogP contribution in [0, 0.1) is 6.92 Å². The van der Waals surface area contributed by atoms with E-state index in [0.717, 1.165) is 24.8 Å². The van der Waals surface area contributed by atoms with Crippen molar-refractivity contribution in [3.05, 3.63) is 35.4 Å². The fourth-order valence-corrected chi connectivity index (χ4v) is 3.09. The van der Waals surface area contributed by atoms with E-state index < -0.39 is 0 Å². The normalized spacial score (nSPS) is 18.0. The summed E-state index contributed by atoms with van der Waals surface area (Å²) in [5.41, 5.74) is 8.00.